The van der Waals surface area contributed by atoms with Gasteiger partial charge in [-0.1, -0.05) is 18.2 Å². The molecule has 1 N–H and O–H groups in total. The van der Waals surface area contributed by atoms with Crippen molar-refractivity contribution < 1.29 is 13.5 Å². The Morgan fingerprint density at radius 2 is 2.00 bits per heavy atom. The Labute approximate surface area is 143 Å². The predicted octanol–water partition coefficient (Wildman–Crippen LogP) is 2.50. The molecule has 0 bridgehead atoms. The standard InChI is InChI=1S/C17H12N4O3S/c18-9-13-16(22)15-12-7-4-8-19-17(12)21(14(15)10-20-13)25(23,24)11-5-2-1-3-6-11/h1-3,5-6,8,10,22H,4,7H2. The molecular weight excluding hydrogens is 340 g/mol. The summed E-state index contributed by atoms with van der Waals surface area (Å²) >= 11 is 0. The number of benzene rings is 1. The summed E-state index contributed by atoms with van der Waals surface area (Å²) in [4.78, 5) is 8.25. The molecule has 0 atom stereocenters. The minimum Gasteiger partial charge on any atom is -0.504 e. The number of nitrogens with zero attached hydrogens (tertiary/aromatic N) is 4. The maximum absolute atomic E-state index is 13.2. The number of hydrogen-bond acceptors (Lipinski definition) is 6. The smallest absolute Gasteiger partial charge is 0.269 e. The normalized spacial score (nSPS) is 13.6. The Bertz CT molecular complexity index is 1170. The van der Waals surface area contributed by atoms with Crippen LogP contribution >= 0.6 is 0 Å². The van der Waals surface area contributed by atoms with E-state index in [0.29, 0.717) is 23.8 Å². The molecule has 7 nitrogen and oxygen atoms in total. The quantitative estimate of drug-likeness (QED) is 0.762. The highest BCUT2D eigenvalue weighted by Gasteiger charge is 2.30. The van der Waals surface area contributed by atoms with E-state index in [1.807, 2.05) is 6.07 Å². The van der Waals surface area contributed by atoms with Crippen LogP contribution in [0, 0.1) is 11.3 Å². The predicted molar refractivity (Wildman–Crippen MR) is 91.6 cm³/mol. The van der Waals surface area contributed by atoms with Gasteiger partial charge in [-0.25, -0.2) is 22.4 Å². The molecule has 0 amide bonds. The van der Waals surface area contributed by atoms with E-state index in [1.54, 1.807) is 24.4 Å². The van der Waals surface area contributed by atoms with E-state index in [9.17, 15) is 13.5 Å². The van der Waals surface area contributed by atoms with Gasteiger partial charge >= 0.3 is 0 Å². The molecule has 0 unspecified atom stereocenters. The first kappa shape index (κ1) is 15.4. The highest BCUT2D eigenvalue weighted by molar-refractivity contribution is 7.90. The van der Waals surface area contributed by atoms with Crippen molar-refractivity contribution in [1.29, 1.82) is 5.26 Å². The average molecular weight is 352 g/mol. The summed E-state index contributed by atoms with van der Waals surface area (Å²) in [6.45, 7) is 0. The maximum atomic E-state index is 13.2. The molecule has 1 aliphatic heterocycles. The van der Waals surface area contributed by atoms with Crippen LogP contribution in [0.4, 0.5) is 5.82 Å². The zero-order valence-corrected chi connectivity index (χ0v) is 13.7. The summed E-state index contributed by atoms with van der Waals surface area (Å²) < 4.78 is 27.4. The van der Waals surface area contributed by atoms with Crippen molar-refractivity contribution in [2.45, 2.75) is 17.7 Å². The first-order valence-corrected chi connectivity index (χ1v) is 8.98. The number of aromatic hydroxyl groups is 1. The van der Waals surface area contributed by atoms with Gasteiger partial charge in [0.2, 0.25) is 0 Å². The number of rotatable bonds is 2. The maximum Gasteiger partial charge on any atom is 0.269 e. The van der Waals surface area contributed by atoms with Crippen molar-refractivity contribution in [3.63, 3.8) is 0 Å². The largest absolute Gasteiger partial charge is 0.504 e. The number of pyridine rings is 1. The van der Waals surface area contributed by atoms with Gasteiger partial charge in [0.15, 0.2) is 17.3 Å². The van der Waals surface area contributed by atoms with Crippen LogP contribution in [0.3, 0.4) is 0 Å². The second-order valence-electron chi connectivity index (χ2n) is 5.56. The van der Waals surface area contributed by atoms with Crippen LogP contribution in [0.25, 0.3) is 10.9 Å². The molecule has 25 heavy (non-hydrogen) atoms. The summed E-state index contributed by atoms with van der Waals surface area (Å²) in [5.41, 5.74) is 0.678. The molecule has 1 aliphatic rings. The van der Waals surface area contributed by atoms with Gasteiger partial charge in [0.05, 0.1) is 22.0 Å². The Morgan fingerprint density at radius 1 is 1.24 bits per heavy atom. The Kier molecular flexibility index (Phi) is 3.33. The number of nitriles is 1. The van der Waals surface area contributed by atoms with Crippen LogP contribution in [0.2, 0.25) is 0 Å². The van der Waals surface area contributed by atoms with Crippen molar-refractivity contribution in [2.75, 3.05) is 0 Å². The van der Waals surface area contributed by atoms with Crippen molar-refractivity contribution in [1.82, 2.24) is 8.96 Å². The topological polar surface area (TPSA) is 108 Å². The zero-order valence-electron chi connectivity index (χ0n) is 12.9. The van der Waals surface area contributed by atoms with Crippen LogP contribution < -0.4 is 0 Å². The number of aliphatic imine (C=N–C) groups is 1. The van der Waals surface area contributed by atoms with E-state index in [-0.39, 0.29) is 27.7 Å². The average Bonchev–Trinajstić information content (AvgIpc) is 2.98. The van der Waals surface area contributed by atoms with Crippen LogP contribution in [0.5, 0.6) is 5.75 Å². The van der Waals surface area contributed by atoms with E-state index in [0.717, 1.165) is 3.97 Å². The number of fused-ring (bicyclic) bond motifs is 3. The summed E-state index contributed by atoms with van der Waals surface area (Å²) in [7, 11) is -3.93. The third-order valence-electron chi connectivity index (χ3n) is 4.14. The molecule has 124 valence electrons. The number of aryl methyl sites for hydroxylation is 1. The molecule has 1 aromatic carbocycles. The lowest BCUT2D eigenvalue weighted by Gasteiger charge is -2.11. The Balaban J connectivity index is 2.15. The van der Waals surface area contributed by atoms with E-state index >= 15 is 0 Å². The molecule has 0 radical (unpaired) electrons. The van der Waals surface area contributed by atoms with Crippen LogP contribution in [-0.4, -0.2) is 28.7 Å². The van der Waals surface area contributed by atoms with E-state index in [1.165, 1.54) is 18.3 Å². The van der Waals surface area contributed by atoms with Crippen LogP contribution in [0.15, 0.2) is 46.4 Å². The Morgan fingerprint density at radius 3 is 2.72 bits per heavy atom. The second kappa shape index (κ2) is 5.43. The lowest BCUT2D eigenvalue weighted by Crippen LogP contribution is -2.13. The van der Waals surface area contributed by atoms with Gasteiger partial charge in [-0.15, -0.1) is 0 Å². The second-order valence-corrected chi connectivity index (χ2v) is 7.35. The van der Waals surface area contributed by atoms with Gasteiger partial charge < -0.3 is 5.11 Å². The van der Waals surface area contributed by atoms with E-state index in [2.05, 4.69) is 9.98 Å². The highest BCUT2D eigenvalue weighted by atomic mass is 32.2. The van der Waals surface area contributed by atoms with Crippen LogP contribution in [0.1, 0.15) is 17.7 Å². The van der Waals surface area contributed by atoms with E-state index < -0.39 is 10.0 Å². The van der Waals surface area contributed by atoms with Crippen molar-refractivity contribution >= 4 is 33.0 Å². The summed E-state index contributed by atoms with van der Waals surface area (Å²) in [5, 5.41) is 19.8. The van der Waals surface area contributed by atoms with Gasteiger partial charge in [0.1, 0.15) is 6.07 Å². The van der Waals surface area contributed by atoms with Gasteiger partial charge in [0.25, 0.3) is 10.0 Å². The molecule has 0 saturated heterocycles. The fourth-order valence-electron chi connectivity index (χ4n) is 3.04. The Hall–Kier alpha value is -3.18. The minimum atomic E-state index is -3.93. The minimum absolute atomic E-state index is 0.110. The monoisotopic (exact) mass is 352 g/mol. The first-order valence-electron chi connectivity index (χ1n) is 7.54. The summed E-state index contributed by atoms with van der Waals surface area (Å²) in [5.74, 6) is -0.0624. The van der Waals surface area contributed by atoms with Crippen molar-refractivity contribution in [3.05, 3.63) is 47.8 Å². The van der Waals surface area contributed by atoms with E-state index in [4.69, 9.17) is 5.26 Å². The van der Waals surface area contributed by atoms with Gasteiger partial charge in [-0.3, -0.25) is 0 Å². The molecule has 3 heterocycles. The molecule has 0 aliphatic carbocycles. The zero-order chi connectivity index (χ0) is 17.6. The molecule has 0 spiro atoms. The number of hydrogen-bond donors (Lipinski definition) is 1. The highest BCUT2D eigenvalue weighted by Crippen LogP contribution is 2.42. The molecule has 0 saturated carbocycles. The van der Waals surface area contributed by atoms with Gasteiger partial charge in [-0.05, 0) is 25.0 Å². The van der Waals surface area contributed by atoms with Crippen molar-refractivity contribution in [2.24, 2.45) is 4.99 Å². The lowest BCUT2D eigenvalue weighted by molar-refractivity contribution is 0.477. The summed E-state index contributed by atoms with van der Waals surface area (Å²) in [6, 6.07) is 9.81. The third-order valence-corrected chi connectivity index (χ3v) is 5.86. The fourth-order valence-corrected chi connectivity index (χ4v) is 4.54. The van der Waals surface area contributed by atoms with Crippen molar-refractivity contribution in [3.8, 4) is 11.8 Å². The van der Waals surface area contributed by atoms with Crippen LogP contribution in [-0.2, 0) is 16.4 Å². The molecule has 4 rings (SSSR count). The third kappa shape index (κ3) is 2.13. The SMILES string of the molecule is N#Cc1ncc2c(c1O)c1c(n2S(=O)(=O)c2ccccc2)N=CCC1. The summed E-state index contributed by atoms with van der Waals surface area (Å²) in [6.07, 6.45) is 4.09. The van der Waals surface area contributed by atoms with Gasteiger partial charge in [-0.2, -0.15) is 5.26 Å². The lowest BCUT2D eigenvalue weighted by atomic mass is 10.1. The molecule has 0 fully saturated rings. The molecule has 2 aromatic heterocycles. The molecule has 3 aromatic rings. The first-order chi connectivity index (χ1) is 12.1. The molecular formula is C17H12N4O3S. The number of aromatic nitrogens is 2. The van der Waals surface area contributed by atoms with Gasteiger partial charge in [0, 0.05) is 11.8 Å². The fraction of sp³-hybridized carbons (Fsp3) is 0.118. The molecule has 8 heteroatoms.